The van der Waals surface area contributed by atoms with E-state index in [4.69, 9.17) is 0 Å². The van der Waals surface area contributed by atoms with Crippen LogP contribution in [-0.4, -0.2) is 38.9 Å². The van der Waals surface area contributed by atoms with Gasteiger partial charge in [-0.2, -0.15) is 4.98 Å². The first-order chi connectivity index (χ1) is 14.1. The summed E-state index contributed by atoms with van der Waals surface area (Å²) in [5, 5.41) is 0. The summed E-state index contributed by atoms with van der Waals surface area (Å²) in [4.78, 5) is 22.6. The zero-order chi connectivity index (χ0) is 20.0. The maximum absolute atomic E-state index is 14.3. The van der Waals surface area contributed by atoms with E-state index in [0.29, 0.717) is 23.7 Å². The largest absolute Gasteiger partial charge is 0.360 e. The number of aromatic amines is 1. The number of anilines is 1. The van der Waals surface area contributed by atoms with Gasteiger partial charge in [-0.15, -0.1) is 0 Å². The molecular weight excluding hydrogens is 371 g/mol. The molecule has 0 amide bonds. The molecule has 29 heavy (non-hydrogen) atoms. The SMILES string of the molecule is CC(c1ccc2[nH]ccc2n1)N(C)c1ncc(F)c(N=C2CC(C3CC3)NN2)n1. The van der Waals surface area contributed by atoms with Gasteiger partial charge in [0.2, 0.25) is 5.95 Å². The summed E-state index contributed by atoms with van der Waals surface area (Å²) in [5.74, 6) is 1.31. The van der Waals surface area contributed by atoms with Crippen LogP contribution in [0, 0.1) is 11.7 Å². The van der Waals surface area contributed by atoms with Gasteiger partial charge in [0.25, 0.3) is 0 Å². The Morgan fingerprint density at radius 1 is 1.24 bits per heavy atom. The maximum atomic E-state index is 14.3. The fraction of sp³-hybridized carbons (Fsp3) is 0.400. The highest BCUT2D eigenvalue weighted by atomic mass is 19.1. The van der Waals surface area contributed by atoms with E-state index in [0.717, 1.165) is 23.1 Å². The summed E-state index contributed by atoms with van der Waals surface area (Å²) in [6.45, 7) is 2.02. The zero-order valence-corrected chi connectivity index (χ0v) is 16.4. The van der Waals surface area contributed by atoms with Crippen molar-refractivity contribution in [2.24, 2.45) is 10.9 Å². The minimum absolute atomic E-state index is 0.0452. The number of nitrogens with one attached hydrogen (secondary N) is 3. The molecular formula is C20H23FN8. The minimum atomic E-state index is -0.536. The number of hydrazine groups is 1. The normalized spacial score (nSPS) is 21.5. The van der Waals surface area contributed by atoms with Crippen molar-refractivity contribution in [2.45, 2.75) is 38.3 Å². The molecule has 2 fully saturated rings. The number of pyridine rings is 1. The third-order valence-corrected chi connectivity index (χ3v) is 5.71. The second-order valence-electron chi connectivity index (χ2n) is 7.75. The molecule has 0 radical (unpaired) electrons. The van der Waals surface area contributed by atoms with Crippen LogP contribution in [0.15, 0.2) is 35.6 Å². The Morgan fingerprint density at radius 3 is 2.93 bits per heavy atom. The molecule has 2 unspecified atom stereocenters. The number of H-pyrrole nitrogens is 1. The number of fused-ring (bicyclic) bond motifs is 1. The topological polar surface area (TPSA) is 94.1 Å². The Morgan fingerprint density at radius 2 is 2.10 bits per heavy atom. The highest BCUT2D eigenvalue weighted by molar-refractivity contribution is 5.86. The predicted octanol–water partition coefficient (Wildman–Crippen LogP) is 3.00. The van der Waals surface area contributed by atoms with Crippen molar-refractivity contribution in [1.82, 2.24) is 30.8 Å². The van der Waals surface area contributed by atoms with Crippen LogP contribution in [0.25, 0.3) is 11.0 Å². The van der Waals surface area contributed by atoms with Crippen molar-refractivity contribution in [2.75, 3.05) is 11.9 Å². The maximum Gasteiger partial charge on any atom is 0.227 e. The number of aromatic nitrogens is 4. The first-order valence-electron chi connectivity index (χ1n) is 9.87. The smallest absolute Gasteiger partial charge is 0.227 e. The molecule has 1 saturated heterocycles. The van der Waals surface area contributed by atoms with Crippen LogP contribution in [0.5, 0.6) is 0 Å². The van der Waals surface area contributed by atoms with Gasteiger partial charge in [0.05, 0.1) is 29.0 Å². The summed E-state index contributed by atoms with van der Waals surface area (Å²) < 4.78 is 14.3. The number of rotatable bonds is 5. The first-order valence-corrected chi connectivity index (χ1v) is 9.87. The van der Waals surface area contributed by atoms with Crippen LogP contribution in [0.3, 0.4) is 0 Å². The molecule has 2 atom stereocenters. The minimum Gasteiger partial charge on any atom is -0.360 e. The van der Waals surface area contributed by atoms with Crippen LogP contribution >= 0.6 is 0 Å². The van der Waals surface area contributed by atoms with Crippen molar-refractivity contribution < 1.29 is 4.39 Å². The predicted molar refractivity (Wildman–Crippen MR) is 109 cm³/mol. The number of amidine groups is 1. The van der Waals surface area contributed by atoms with Gasteiger partial charge in [-0.25, -0.2) is 24.8 Å². The standard InChI is InChI=1S/C20H23FN8/c1-11(14-5-6-15-16(24-14)7-8-22-15)29(2)20-23-10-13(21)19(26-20)25-18-9-17(27-28-18)12-3-4-12/h5-8,10-12,17,22,27H,3-4,9H2,1-2H3,(H,23,25,26,28). The van der Waals surface area contributed by atoms with Crippen LogP contribution in [0.2, 0.25) is 0 Å². The van der Waals surface area contributed by atoms with Gasteiger partial charge in [-0.3, -0.25) is 0 Å². The Bertz CT molecular complexity index is 1070. The molecule has 1 saturated carbocycles. The molecule has 3 N–H and O–H groups in total. The van der Waals surface area contributed by atoms with E-state index >= 15 is 0 Å². The van der Waals surface area contributed by atoms with Gasteiger partial charge in [-0.05, 0) is 43.9 Å². The lowest BCUT2D eigenvalue weighted by atomic mass is 10.1. The number of nitrogens with zero attached hydrogens (tertiary/aromatic N) is 5. The van der Waals surface area contributed by atoms with Gasteiger partial charge in [0.1, 0.15) is 5.84 Å². The third-order valence-electron chi connectivity index (χ3n) is 5.71. The molecule has 8 nitrogen and oxygen atoms in total. The Balaban J connectivity index is 1.38. The zero-order valence-electron chi connectivity index (χ0n) is 16.4. The highest BCUT2D eigenvalue weighted by Gasteiger charge is 2.35. The van der Waals surface area contributed by atoms with E-state index < -0.39 is 5.82 Å². The summed E-state index contributed by atoms with van der Waals surface area (Å²) >= 11 is 0. The van der Waals surface area contributed by atoms with Crippen molar-refractivity contribution in [3.63, 3.8) is 0 Å². The van der Waals surface area contributed by atoms with E-state index in [1.165, 1.54) is 19.0 Å². The quantitative estimate of drug-likeness (QED) is 0.616. The number of halogens is 1. The number of hydrogen-bond acceptors (Lipinski definition) is 6. The van der Waals surface area contributed by atoms with Crippen LogP contribution in [-0.2, 0) is 0 Å². The lowest BCUT2D eigenvalue weighted by Gasteiger charge is -2.24. The van der Waals surface area contributed by atoms with Crippen molar-refractivity contribution in [3.05, 3.63) is 42.1 Å². The second kappa shape index (κ2) is 7.07. The summed E-state index contributed by atoms with van der Waals surface area (Å²) in [6.07, 6.45) is 6.28. The van der Waals surface area contributed by atoms with E-state index in [2.05, 4.69) is 35.8 Å². The van der Waals surface area contributed by atoms with Crippen LogP contribution in [0.1, 0.15) is 37.9 Å². The van der Waals surface area contributed by atoms with E-state index in [-0.39, 0.29) is 11.9 Å². The van der Waals surface area contributed by atoms with Gasteiger partial charge < -0.3 is 15.3 Å². The molecule has 4 heterocycles. The molecule has 3 aromatic heterocycles. The number of aliphatic imine (C=N–C) groups is 1. The molecule has 1 aliphatic heterocycles. The van der Waals surface area contributed by atoms with E-state index in [1.54, 1.807) is 0 Å². The molecule has 0 bridgehead atoms. The third kappa shape index (κ3) is 3.53. The summed E-state index contributed by atoms with van der Waals surface area (Å²) in [7, 11) is 1.87. The lowest BCUT2D eigenvalue weighted by molar-refractivity contribution is 0.504. The fourth-order valence-electron chi connectivity index (χ4n) is 3.62. The van der Waals surface area contributed by atoms with Gasteiger partial charge >= 0.3 is 0 Å². The Labute approximate surface area is 167 Å². The molecule has 5 rings (SSSR count). The molecule has 1 aliphatic carbocycles. The van der Waals surface area contributed by atoms with Crippen molar-refractivity contribution in [1.29, 1.82) is 0 Å². The van der Waals surface area contributed by atoms with Crippen molar-refractivity contribution >= 4 is 28.6 Å². The Hall–Kier alpha value is -3.07. The van der Waals surface area contributed by atoms with Gasteiger partial charge in [0.15, 0.2) is 11.6 Å². The number of hydrogen-bond donors (Lipinski definition) is 3. The van der Waals surface area contributed by atoms with Gasteiger partial charge in [0, 0.05) is 25.7 Å². The fourth-order valence-corrected chi connectivity index (χ4v) is 3.62. The average molecular weight is 394 g/mol. The molecule has 0 aromatic carbocycles. The highest BCUT2D eigenvalue weighted by Crippen LogP contribution is 2.35. The summed E-state index contributed by atoms with van der Waals surface area (Å²) in [6, 6.07) is 6.18. The van der Waals surface area contributed by atoms with E-state index in [1.807, 2.05) is 43.3 Å². The monoisotopic (exact) mass is 394 g/mol. The van der Waals surface area contributed by atoms with E-state index in [9.17, 15) is 4.39 Å². The average Bonchev–Trinajstić information content (AvgIpc) is 3.29. The lowest BCUT2D eigenvalue weighted by Crippen LogP contribution is -2.32. The molecule has 9 heteroatoms. The van der Waals surface area contributed by atoms with Crippen LogP contribution < -0.4 is 15.8 Å². The molecule has 0 spiro atoms. The summed E-state index contributed by atoms with van der Waals surface area (Å²) in [5.41, 5.74) is 9.07. The molecule has 150 valence electrons. The molecule has 3 aromatic rings. The van der Waals surface area contributed by atoms with Crippen LogP contribution in [0.4, 0.5) is 16.2 Å². The van der Waals surface area contributed by atoms with Gasteiger partial charge in [-0.1, -0.05) is 0 Å². The van der Waals surface area contributed by atoms with Crippen molar-refractivity contribution in [3.8, 4) is 0 Å². The Kier molecular flexibility index (Phi) is 4.39. The first kappa shape index (κ1) is 18.0. The second-order valence-corrected chi connectivity index (χ2v) is 7.75. The molecule has 2 aliphatic rings.